The molecule has 1 aliphatic heterocycles. The molecule has 1 saturated heterocycles. The second-order valence-corrected chi connectivity index (χ2v) is 6.03. The summed E-state index contributed by atoms with van der Waals surface area (Å²) in [6, 6.07) is 4.92. The van der Waals surface area contributed by atoms with Gasteiger partial charge < -0.3 is 10.2 Å². The Bertz CT molecular complexity index is 518. The smallest absolute Gasteiger partial charge is 0.271 e. The first-order valence-electron chi connectivity index (χ1n) is 7.65. The van der Waals surface area contributed by atoms with Gasteiger partial charge in [-0.25, -0.2) is 0 Å². The van der Waals surface area contributed by atoms with Crippen LogP contribution in [0.4, 0.5) is 11.4 Å². The zero-order valence-corrected chi connectivity index (χ0v) is 13.8. The number of benzene rings is 1. The van der Waals surface area contributed by atoms with Crippen molar-refractivity contribution in [2.75, 3.05) is 44.6 Å². The van der Waals surface area contributed by atoms with Crippen molar-refractivity contribution in [3.63, 3.8) is 0 Å². The first kappa shape index (κ1) is 17.0. The van der Waals surface area contributed by atoms with E-state index in [1.807, 2.05) is 0 Å². The zero-order valence-electron chi connectivity index (χ0n) is 13.1. The summed E-state index contributed by atoms with van der Waals surface area (Å²) >= 11 is 6.09. The van der Waals surface area contributed by atoms with Crippen molar-refractivity contribution in [2.45, 2.75) is 19.9 Å². The van der Waals surface area contributed by atoms with Gasteiger partial charge in [0.1, 0.15) is 0 Å². The molecule has 0 spiro atoms. The number of rotatable bonds is 6. The number of halogens is 1. The number of nitro groups is 1. The molecule has 1 atom stereocenters. The third-order valence-electron chi connectivity index (χ3n) is 4.23. The van der Waals surface area contributed by atoms with Gasteiger partial charge in [0.2, 0.25) is 0 Å². The second kappa shape index (κ2) is 7.76. The zero-order chi connectivity index (χ0) is 16.1. The molecule has 0 amide bonds. The maximum Gasteiger partial charge on any atom is 0.271 e. The van der Waals surface area contributed by atoms with Crippen molar-refractivity contribution in [2.24, 2.45) is 0 Å². The van der Waals surface area contributed by atoms with Gasteiger partial charge in [-0.05, 0) is 19.5 Å². The van der Waals surface area contributed by atoms with Crippen LogP contribution >= 0.6 is 11.6 Å². The lowest BCUT2D eigenvalue weighted by Gasteiger charge is -2.37. The fourth-order valence-electron chi connectivity index (χ4n) is 2.67. The molecule has 0 saturated carbocycles. The number of nitrogens with one attached hydrogen (secondary N) is 1. The number of non-ortho nitro benzene ring substituents is 1. The predicted molar refractivity (Wildman–Crippen MR) is 89.7 cm³/mol. The van der Waals surface area contributed by atoms with Crippen LogP contribution < -0.4 is 5.32 Å². The molecule has 7 heteroatoms. The largest absolute Gasteiger partial charge is 0.382 e. The second-order valence-electron chi connectivity index (χ2n) is 5.62. The summed E-state index contributed by atoms with van der Waals surface area (Å²) in [7, 11) is 0. The Morgan fingerprint density at radius 1 is 1.36 bits per heavy atom. The minimum absolute atomic E-state index is 0.0132. The Balaban J connectivity index is 1.86. The maximum absolute atomic E-state index is 10.7. The summed E-state index contributed by atoms with van der Waals surface area (Å²) in [6.45, 7) is 10.6. The molecule has 1 N–H and O–H groups in total. The summed E-state index contributed by atoms with van der Waals surface area (Å²) in [6.07, 6.45) is 0. The van der Waals surface area contributed by atoms with Crippen LogP contribution in [0.25, 0.3) is 0 Å². The van der Waals surface area contributed by atoms with Gasteiger partial charge in [0, 0.05) is 50.9 Å². The molecule has 2 rings (SSSR count). The van der Waals surface area contributed by atoms with Crippen molar-refractivity contribution in [3.8, 4) is 0 Å². The number of nitrogens with zero attached hydrogens (tertiary/aromatic N) is 3. The van der Waals surface area contributed by atoms with E-state index in [2.05, 4.69) is 29.0 Å². The highest BCUT2D eigenvalue weighted by Crippen LogP contribution is 2.26. The Kier molecular flexibility index (Phi) is 5.99. The van der Waals surface area contributed by atoms with Crippen LogP contribution in [0, 0.1) is 10.1 Å². The number of hydrogen-bond acceptors (Lipinski definition) is 5. The predicted octanol–water partition coefficient (Wildman–Crippen LogP) is 2.69. The van der Waals surface area contributed by atoms with E-state index in [0.717, 1.165) is 45.0 Å². The lowest BCUT2D eigenvalue weighted by atomic mass is 10.2. The Hall–Kier alpha value is -1.37. The molecule has 1 unspecified atom stereocenters. The molecule has 0 aromatic heterocycles. The summed E-state index contributed by atoms with van der Waals surface area (Å²) in [5.74, 6) is 0. The average molecular weight is 327 g/mol. The lowest BCUT2D eigenvalue weighted by Crippen LogP contribution is -2.51. The van der Waals surface area contributed by atoms with Crippen LogP contribution in [-0.4, -0.2) is 60.0 Å². The van der Waals surface area contributed by atoms with E-state index in [1.165, 1.54) is 12.1 Å². The van der Waals surface area contributed by atoms with E-state index >= 15 is 0 Å². The van der Waals surface area contributed by atoms with Crippen molar-refractivity contribution in [3.05, 3.63) is 33.3 Å². The molecule has 0 bridgehead atoms. The molecular weight excluding hydrogens is 304 g/mol. The van der Waals surface area contributed by atoms with Crippen LogP contribution in [0.2, 0.25) is 5.02 Å². The molecule has 0 radical (unpaired) electrons. The maximum atomic E-state index is 10.7. The molecule has 1 aromatic carbocycles. The van der Waals surface area contributed by atoms with E-state index < -0.39 is 4.92 Å². The monoisotopic (exact) mass is 326 g/mol. The van der Waals surface area contributed by atoms with E-state index in [-0.39, 0.29) is 5.69 Å². The quantitative estimate of drug-likeness (QED) is 0.643. The highest BCUT2D eigenvalue weighted by molar-refractivity contribution is 6.33. The number of nitro benzene ring substituents is 1. The van der Waals surface area contributed by atoms with E-state index in [4.69, 9.17) is 11.6 Å². The van der Waals surface area contributed by atoms with Crippen molar-refractivity contribution < 1.29 is 4.92 Å². The standard InChI is InChI=1S/C15H23ClN4O2/c1-3-18-6-8-19(9-7-18)12(2)11-17-15-5-4-13(20(21)22)10-14(15)16/h4-5,10,12,17H,3,6-9,11H2,1-2H3. The number of piperazine rings is 1. The fourth-order valence-corrected chi connectivity index (χ4v) is 2.91. The number of likely N-dealkylation sites (N-methyl/N-ethyl adjacent to an activating group) is 1. The van der Waals surface area contributed by atoms with Gasteiger partial charge in [-0.3, -0.25) is 15.0 Å². The van der Waals surface area contributed by atoms with Gasteiger partial charge in [-0.2, -0.15) is 0 Å². The molecule has 1 fully saturated rings. The van der Waals surface area contributed by atoms with Crippen LogP contribution in [0.5, 0.6) is 0 Å². The van der Waals surface area contributed by atoms with Gasteiger partial charge in [0.05, 0.1) is 15.6 Å². The fraction of sp³-hybridized carbons (Fsp3) is 0.600. The summed E-state index contributed by atoms with van der Waals surface area (Å²) in [5, 5.41) is 14.4. The Morgan fingerprint density at radius 2 is 2.05 bits per heavy atom. The molecule has 122 valence electrons. The van der Waals surface area contributed by atoms with Gasteiger partial charge in [-0.15, -0.1) is 0 Å². The summed E-state index contributed by atoms with van der Waals surface area (Å²) in [5.41, 5.74) is 0.755. The third-order valence-corrected chi connectivity index (χ3v) is 4.54. The highest BCUT2D eigenvalue weighted by atomic mass is 35.5. The van der Waals surface area contributed by atoms with Crippen LogP contribution in [0.3, 0.4) is 0 Å². The summed E-state index contributed by atoms with van der Waals surface area (Å²) in [4.78, 5) is 15.2. The van der Waals surface area contributed by atoms with Gasteiger partial charge in [0.15, 0.2) is 0 Å². The van der Waals surface area contributed by atoms with Crippen LogP contribution in [0.1, 0.15) is 13.8 Å². The number of anilines is 1. The first-order valence-corrected chi connectivity index (χ1v) is 8.03. The normalized spacial score (nSPS) is 18.1. The van der Waals surface area contributed by atoms with Gasteiger partial charge in [-0.1, -0.05) is 18.5 Å². The SMILES string of the molecule is CCN1CCN(C(C)CNc2ccc([N+](=O)[O-])cc2Cl)CC1. The van der Waals surface area contributed by atoms with Crippen molar-refractivity contribution >= 4 is 23.0 Å². The van der Waals surface area contributed by atoms with E-state index in [9.17, 15) is 10.1 Å². The molecule has 6 nitrogen and oxygen atoms in total. The van der Waals surface area contributed by atoms with Crippen molar-refractivity contribution in [1.29, 1.82) is 0 Å². The third kappa shape index (κ3) is 4.32. The Morgan fingerprint density at radius 3 is 2.59 bits per heavy atom. The molecule has 0 aliphatic carbocycles. The van der Waals surface area contributed by atoms with Crippen LogP contribution in [0.15, 0.2) is 18.2 Å². The molecule has 1 aliphatic rings. The first-order chi connectivity index (χ1) is 10.5. The van der Waals surface area contributed by atoms with Gasteiger partial charge in [0.25, 0.3) is 5.69 Å². The van der Waals surface area contributed by atoms with E-state index in [1.54, 1.807) is 6.07 Å². The molecular formula is C15H23ClN4O2. The average Bonchev–Trinajstić information content (AvgIpc) is 2.53. The van der Waals surface area contributed by atoms with Crippen molar-refractivity contribution in [1.82, 2.24) is 9.80 Å². The molecule has 22 heavy (non-hydrogen) atoms. The van der Waals surface area contributed by atoms with Gasteiger partial charge >= 0.3 is 0 Å². The highest BCUT2D eigenvalue weighted by Gasteiger charge is 2.20. The molecule has 1 aromatic rings. The van der Waals surface area contributed by atoms with E-state index in [0.29, 0.717) is 11.1 Å². The lowest BCUT2D eigenvalue weighted by molar-refractivity contribution is -0.384. The summed E-state index contributed by atoms with van der Waals surface area (Å²) < 4.78 is 0. The topological polar surface area (TPSA) is 61.6 Å². The minimum atomic E-state index is -0.439. The Labute approximate surface area is 136 Å². The van der Waals surface area contributed by atoms with Crippen LogP contribution in [-0.2, 0) is 0 Å². The molecule has 1 heterocycles. The minimum Gasteiger partial charge on any atom is -0.382 e. The number of hydrogen-bond donors (Lipinski definition) is 1.